The fraction of sp³-hybridized carbons (Fsp3) is 0.467. The number of amides is 2. The van der Waals surface area contributed by atoms with E-state index >= 15 is 0 Å². The fourth-order valence-electron chi connectivity index (χ4n) is 2.45. The van der Waals surface area contributed by atoms with Crippen LogP contribution in [0.5, 0.6) is 0 Å². The van der Waals surface area contributed by atoms with Crippen molar-refractivity contribution in [3.63, 3.8) is 0 Å². The second-order valence-electron chi connectivity index (χ2n) is 5.21. The van der Waals surface area contributed by atoms with E-state index in [0.717, 1.165) is 12.0 Å². The highest BCUT2D eigenvalue weighted by Crippen LogP contribution is 2.17. The molecule has 5 nitrogen and oxygen atoms in total. The van der Waals surface area contributed by atoms with Gasteiger partial charge in [0.1, 0.15) is 0 Å². The van der Waals surface area contributed by atoms with Gasteiger partial charge in [-0.2, -0.15) is 0 Å². The van der Waals surface area contributed by atoms with Crippen molar-refractivity contribution < 1.29 is 14.7 Å². The molecular weight excluding hydrogens is 292 g/mol. The van der Waals surface area contributed by atoms with Gasteiger partial charge >= 0.3 is 12.0 Å². The Hall–Kier alpha value is -1.75. The lowest BCUT2D eigenvalue weighted by Gasteiger charge is -2.30. The van der Waals surface area contributed by atoms with E-state index in [9.17, 15) is 9.59 Å². The number of hydrogen-bond acceptors (Lipinski definition) is 2. The van der Waals surface area contributed by atoms with Gasteiger partial charge in [-0.25, -0.2) is 4.79 Å². The summed E-state index contributed by atoms with van der Waals surface area (Å²) in [5, 5.41) is 12.5. The predicted octanol–water partition coefficient (Wildman–Crippen LogP) is 2.39. The highest BCUT2D eigenvalue weighted by Gasteiger charge is 2.26. The van der Waals surface area contributed by atoms with Crippen molar-refractivity contribution in [1.29, 1.82) is 0 Å². The van der Waals surface area contributed by atoms with Gasteiger partial charge in [-0.1, -0.05) is 23.7 Å². The number of aliphatic carboxylic acids is 1. The molecule has 0 unspecified atom stereocenters. The summed E-state index contributed by atoms with van der Waals surface area (Å²) in [4.78, 5) is 24.5. The standard InChI is InChI=1S/C15H19ClN2O3/c16-13-3-1-2-11(10-13)4-7-17-15(21)18-8-5-12(6-9-18)14(19)20/h1-3,10,12H,4-9H2,(H,17,21)(H,19,20). The van der Waals surface area contributed by atoms with Crippen LogP contribution in [0.25, 0.3) is 0 Å². The Kier molecular flexibility index (Phi) is 5.44. The zero-order chi connectivity index (χ0) is 15.2. The Bertz CT molecular complexity index is 513. The first-order valence-electron chi connectivity index (χ1n) is 7.06. The summed E-state index contributed by atoms with van der Waals surface area (Å²) in [6, 6.07) is 7.43. The molecule has 0 spiro atoms. The predicted molar refractivity (Wildman–Crippen MR) is 80.5 cm³/mol. The lowest BCUT2D eigenvalue weighted by atomic mass is 9.97. The number of carbonyl (C=O) groups is 2. The number of hydrogen-bond donors (Lipinski definition) is 2. The molecule has 0 saturated carbocycles. The van der Waals surface area contributed by atoms with Gasteiger partial charge < -0.3 is 15.3 Å². The molecule has 0 atom stereocenters. The molecular formula is C15H19ClN2O3. The van der Waals surface area contributed by atoms with Crippen LogP contribution in [0.4, 0.5) is 4.79 Å². The molecule has 1 aromatic carbocycles. The van der Waals surface area contributed by atoms with Crippen molar-refractivity contribution in [2.45, 2.75) is 19.3 Å². The van der Waals surface area contributed by atoms with Crippen molar-refractivity contribution in [2.75, 3.05) is 19.6 Å². The van der Waals surface area contributed by atoms with Crippen molar-refractivity contribution >= 4 is 23.6 Å². The molecule has 1 aliphatic heterocycles. The number of nitrogens with one attached hydrogen (secondary N) is 1. The van der Waals surface area contributed by atoms with Crippen molar-refractivity contribution in [2.24, 2.45) is 5.92 Å². The van der Waals surface area contributed by atoms with Crippen LogP contribution >= 0.6 is 11.6 Å². The summed E-state index contributed by atoms with van der Waals surface area (Å²) in [5.41, 5.74) is 1.08. The number of rotatable bonds is 4. The molecule has 0 aliphatic carbocycles. The first-order chi connectivity index (χ1) is 10.1. The molecule has 1 fully saturated rings. The molecule has 2 amide bonds. The SMILES string of the molecule is O=C(O)C1CCN(C(=O)NCCc2cccc(Cl)c2)CC1. The third-order valence-electron chi connectivity index (χ3n) is 3.71. The van der Waals surface area contributed by atoms with Crippen molar-refractivity contribution in [3.8, 4) is 0 Å². The fourth-order valence-corrected chi connectivity index (χ4v) is 2.66. The average Bonchev–Trinajstić information content (AvgIpc) is 2.47. The lowest BCUT2D eigenvalue weighted by molar-refractivity contribution is -0.143. The summed E-state index contributed by atoms with van der Waals surface area (Å²) in [7, 11) is 0. The maximum Gasteiger partial charge on any atom is 0.317 e. The summed E-state index contributed by atoms with van der Waals surface area (Å²) < 4.78 is 0. The quantitative estimate of drug-likeness (QED) is 0.897. The molecule has 1 aliphatic rings. The van der Waals surface area contributed by atoms with Gasteiger partial charge in [0.15, 0.2) is 0 Å². The number of halogens is 1. The minimum absolute atomic E-state index is 0.124. The number of urea groups is 1. The summed E-state index contributed by atoms with van der Waals surface area (Å²) in [5.74, 6) is -1.09. The smallest absolute Gasteiger partial charge is 0.317 e. The van der Waals surface area contributed by atoms with E-state index in [4.69, 9.17) is 16.7 Å². The largest absolute Gasteiger partial charge is 0.481 e. The van der Waals surface area contributed by atoms with Gasteiger partial charge in [-0.05, 0) is 37.0 Å². The minimum Gasteiger partial charge on any atom is -0.481 e. The van der Waals surface area contributed by atoms with Gasteiger partial charge in [0.2, 0.25) is 0 Å². The molecule has 0 aromatic heterocycles. The zero-order valence-electron chi connectivity index (χ0n) is 11.7. The maximum absolute atomic E-state index is 12.0. The molecule has 6 heteroatoms. The summed E-state index contributed by atoms with van der Waals surface area (Å²) in [6.45, 7) is 1.54. The molecule has 114 valence electrons. The van der Waals surface area contributed by atoms with Gasteiger partial charge in [0.05, 0.1) is 5.92 Å². The van der Waals surface area contributed by atoms with E-state index in [-0.39, 0.29) is 11.9 Å². The third-order valence-corrected chi connectivity index (χ3v) is 3.95. The van der Waals surface area contributed by atoms with Crippen LogP contribution in [-0.2, 0) is 11.2 Å². The van der Waals surface area contributed by atoms with E-state index < -0.39 is 5.97 Å². The van der Waals surface area contributed by atoms with Crippen molar-refractivity contribution in [1.82, 2.24) is 10.2 Å². The van der Waals surface area contributed by atoms with Crippen LogP contribution in [0.15, 0.2) is 24.3 Å². The Morgan fingerprint density at radius 3 is 2.67 bits per heavy atom. The number of benzene rings is 1. The van der Waals surface area contributed by atoms with Crippen LogP contribution in [0.2, 0.25) is 5.02 Å². The zero-order valence-corrected chi connectivity index (χ0v) is 12.5. The summed E-state index contributed by atoms with van der Waals surface area (Å²) in [6.07, 6.45) is 1.77. The molecule has 1 saturated heterocycles. The highest BCUT2D eigenvalue weighted by atomic mass is 35.5. The number of piperidine rings is 1. The highest BCUT2D eigenvalue weighted by molar-refractivity contribution is 6.30. The Morgan fingerprint density at radius 2 is 2.05 bits per heavy atom. The molecule has 21 heavy (non-hydrogen) atoms. The molecule has 0 radical (unpaired) electrons. The average molecular weight is 311 g/mol. The topological polar surface area (TPSA) is 69.6 Å². The molecule has 2 rings (SSSR count). The van der Waals surface area contributed by atoms with Gasteiger partial charge in [0.25, 0.3) is 0 Å². The van der Waals surface area contributed by atoms with Crippen LogP contribution in [-0.4, -0.2) is 41.6 Å². The summed E-state index contributed by atoms with van der Waals surface area (Å²) >= 11 is 5.90. The van der Waals surface area contributed by atoms with E-state index in [1.165, 1.54) is 0 Å². The molecule has 0 bridgehead atoms. The number of carboxylic acids is 1. The van der Waals surface area contributed by atoms with E-state index in [1.54, 1.807) is 4.90 Å². The van der Waals surface area contributed by atoms with E-state index in [2.05, 4.69) is 5.32 Å². The molecule has 1 heterocycles. The Morgan fingerprint density at radius 1 is 1.33 bits per heavy atom. The number of nitrogens with zero attached hydrogens (tertiary/aromatic N) is 1. The second-order valence-corrected chi connectivity index (χ2v) is 5.65. The molecule has 1 aromatic rings. The third kappa shape index (κ3) is 4.63. The van der Waals surface area contributed by atoms with Crippen LogP contribution in [0.3, 0.4) is 0 Å². The van der Waals surface area contributed by atoms with E-state index in [1.807, 2.05) is 24.3 Å². The van der Waals surface area contributed by atoms with Crippen LogP contribution in [0, 0.1) is 5.92 Å². The number of carboxylic acid groups (broad SMARTS) is 1. The van der Waals surface area contributed by atoms with Gasteiger partial charge in [0, 0.05) is 24.7 Å². The second kappa shape index (κ2) is 7.31. The van der Waals surface area contributed by atoms with Crippen LogP contribution in [0.1, 0.15) is 18.4 Å². The molecule has 2 N–H and O–H groups in total. The Balaban J connectivity index is 1.72. The van der Waals surface area contributed by atoms with E-state index in [0.29, 0.717) is 37.5 Å². The normalized spacial score (nSPS) is 15.8. The van der Waals surface area contributed by atoms with Crippen LogP contribution < -0.4 is 5.32 Å². The number of likely N-dealkylation sites (tertiary alicyclic amines) is 1. The van der Waals surface area contributed by atoms with Gasteiger partial charge in [-0.15, -0.1) is 0 Å². The number of carbonyl (C=O) groups excluding carboxylic acids is 1. The maximum atomic E-state index is 12.0. The Labute approximate surface area is 128 Å². The minimum atomic E-state index is -0.768. The van der Waals surface area contributed by atoms with Gasteiger partial charge in [-0.3, -0.25) is 4.79 Å². The first-order valence-corrected chi connectivity index (χ1v) is 7.44. The first kappa shape index (κ1) is 15.6. The lowest BCUT2D eigenvalue weighted by Crippen LogP contribution is -2.45. The van der Waals surface area contributed by atoms with Crippen molar-refractivity contribution in [3.05, 3.63) is 34.9 Å². The monoisotopic (exact) mass is 310 g/mol.